The molecule has 0 unspecified atom stereocenters. The van der Waals surface area contributed by atoms with Crippen molar-refractivity contribution in [3.63, 3.8) is 0 Å². The van der Waals surface area contributed by atoms with Crippen LogP contribution in [-0.4, -0.2) is 15.2 Å². The van der Waals surface area contributed by atoms with Crippen molar-refractivity contribution >= 4 is 0 Å². The van der Waals surface area contributed by atoms with Crippen LogP contribution in [0.15, 0.2) is 28.8 Å². The number of aliphatic hydroxyl groups is 1. The number of aromatic nitrogens is 2. The molecule has 4 heteroatoms. The molecular formula is C13H14N2O2. The van der Waals surface area contributed by atoms with E-state index in [0.717, 1.165) is 12.8 Å². The molecule has 0 bridgehead atoms. The topological polar surface area (TPSA) is 59.2 Å². The maximum Gasteiger partial charge on any atom is 0.255 e. The summed E-state index contributed by atoms with van der Waals surface area (Å²) >= 11 is 0. The lowest BCUT2D eigenvalue weighted by atomic mass is 10.1. The SMILES string of the molecule is C[C@H](O)c1nc(C2Cc3ccccc3C2)no1. The van der Waals surface area contributed by atoms with Crippen LogP contribution in [-0.2, 0) is 12.8 Å². The van der Waals surface area contributed by atoms with Crippen LogP contribution in [0.1, 0.15) is 41.8 Å². The fraction of sp³-hybridized carbons (Fsp3) is 0.385. The molecular weight excluding hydrogens is 216 g/mol. The van der Waals surface area contributed by atoms with Gasteiger partial charge in [0.2, 0.25) is 0 Å². The second kappa shape index (κ2) is 3.96. The summed E-state index contributed by atoms with van der Waals surface area (Å²) in [6.45, 7) is 1.63. The summed E-state index contributed by atoms with van der Waals surface area (Å²) < 4.78 is 5.03. The third-order valence-corrected chi connectivity index (χ3v) is 3.23. The molecule has 3 rings (SSSR count). The normalized spacial score (nSPS) is 17.1. The summed E-state index contributed by atoms with van der Waals surface area (Å²) in [5.74, 6) is 1.29. The van der Waals surface area contributed by atoms with Crippen molar-refractivity contribution in [1.82, 2.24) is 10.1 Å². The van der Waals surface area contributed by atoms with E-state index < -0.39 is 6.10 Å². The lowest BCUT2D eigenvalue weighted by Crippen LogP contribution is -2.01. The van der Waals surface area contributed by atoms with Crippen LogP contribution in [0.3, 0.4) is 0 Å². The van der Waals surface area contributed by atoms with Gasteiger partial charge in [-0.25, -0.2) is 0 Å². The predicted octanol–water partition coefficient (Wildman–Crippen LogP) is 2.01. The van der Waals surface area contributed by atoms with Gasteiger partial charge in [-0.3, -0.25) is 0 Å². The van der Waals surface area contributed by atoms with Gasteiger partial charge in [-0.05, 0) is 30.9 Å². The van der Waals surface area contributed by atoms with Crippen LogP contribution >= 0.6 is 0 Å². The molecule has 0 saturated heterocycles. The van der Waals surface area contributed by atoms with E-state index in [1.807, 2.05) is 0 Å². The van der Waals surface area contributed by atoms with Gasteiger partial charge in [-0.1, -0.05) is 29.4 Å². The lowest BCUT2D eigenvalue weighted by Gasteiger charge is -2.00. The number of hydrogen-bond donors (Lipinski definition) is 1. The first-order valence-electron chi connectivity index (χ1n) is 5.82. The number of aliphatic hydroxyl groups excluding tert-OH is 1. The highest BCUT2D eigenvalue weighted by atomic mass is 16.5. The van der Waals surface area contributed by atoms with Crippen molar-refractivity contribution in [2.24, 2.45) is 0 Å². The first kappa shape index (κ1) is 10.5. The van der Waals surface area contributed by atoms with E-state index in [1.165, 1.54) is 11.1 Å². The number of fused-ring (bicyclic) bond motifs is 1. The molecule has 1 atom stereocenters. The highest BCUT2D eigenvalue weighted by Gasteiger charge is 2.27. The Morgan fingerprint density at radius 2 is 1.94 bits per heavy atom. The zero-order valence-electron chi connectivity index (χ0n) is 9.63. The zero-order chi connectivity index (χ0) is 11.8. The highest BCUT2D eigenvalue weighted by molar-refractivity contribution is 5.34. The molecule has 0 radical (unpaired) electrons. The van der Waals surface area contributed by atoms with E-state index in [9.17, 15) is 5.11 Å². The van der Waals surface area contributed by atoms with Crippen LogP contribution < -0.4 is 0 Å². The summed E-state index contributed by atoms with van der Waals surface area (Å²) in [5.41, 5.74) is 2.72. The molecule has 0 fully saturated rings. The number of hydrogen-bond acceptors (Lipinski definition) is 4. The molecule has 88 valence electrons. The molecule has 0 spiro atoms. The van der Waals surface area contributed by atoms with Gasteiger partial charge in [-0.15, -0.1) is 0 Å². The van der Waals surface area contributed by atoms with Crippen molar-refractivity contribution in [1.29, 1.82) is 0 Å². The lowest BCUT2D eigenvalue weighted by molar-refractivity contribution is 0.151. The summed E-state index contributed by atoms with van der Waals surface area (Å²) in [4.78, 5) is 4.25. The Labute approximate surface area is 99.3 Å². The van der Waals surface area contributed by atoms with Gasteiger partial charge in [0.1, 0.15) is 6.10 Å². The number of nitrogens with zero attached hydrogens (tertiary/aromatic N) is 2. The maximum atomic E-state index is 9.36. The van der Waals surface area contributed by atoms with E-state index in [2.05, 4.69) is 34.4 Å². The average molecular weight is 230 g/mol. The largest absolute Gasteiger partial charge is 0.384 e. The molecule has 1 aliphatic rings. The Morgan fingerprint density at radius 3 is 2.47 bits per heavy atom. The van der Waals surface area contributed by atoms with Gasteiger partial charge < -0.3 is 9.63 Å². The molecule has 1 heterocycles. The van der Waals surface area contributed by atoms with E-state index in [-0.39, 0.29) is 5.92 Å². The van der Waals surface area contributed by atoms with Crippen LogP contribution in [0, 0.1) is 0 Å². The smallest absolute Gasteiger partial charge is 0.255 e. The van der Waals surface area contributed by atoms with Crippen LogP contribution in [0.5, 0.6) is 0 Å². The van der Waals surface area contributed by atoms with Crippen LogP contribution in [0.25, 0.3) is 0 Å². The number of benzene rings is 1. The van der Waals surface area contributed by atoms with Crippen molar-refractivity contribution in [2.75, 3.05) is 0 Å². The van der Waals surface area contributed by atoms with Gasteiger partial charge in [0, 0.05) is 5.92 Å². The Kier molecular flexibility index (Phi) is 2.44. The van der Waals surface area contributed by atoms with Gasteiger partial charge in [0.25, 0.3) is 5.89 Å². The van der Waals surface area contributed by atoms with Crippen molar-refractivity contribution in [2.45, 2.75) is 31.8 Å². The summed E-state index contributed by atoms with van der Waals surface area (Å²) in [7, 11) is 0. The van der Waals surface area contributed by atoms with E-state index in [4.69, 9.17) is 4.52 Å². The van der Waals surface area contributed by atoms with E-state index in [0.29, 0.717) is 11.7 Å². The first-order valence-corrected chi connectivity index (χ1v) is 5.82. The van der Waals surface area contributed by atoms with Gasteiger partial charge in [0.05, 0.1) is 0 Å². The standard InChI is InChI=1S/C13H14N2O2/c1-8(16)13-14-12(15-17-13)11-6-9-4-2-3-5-10(9)7-11/h2-5,8,11,16H,6-7H2,1H3/t8-/m0/s1. The van der Waals surface area contributed by atoms with Crippen molar-refractivity contribution in [3.05, 3.63) is 47.1 Å². The minimum Gasteiger partial charge on any atom is -0.384 e. The second-order valence-corrected chi connectivity index (χ2v) is 4.54. The maximum absolute atomic E-state index is 9.36. The minimum absolute atomic E-state index is 0.281. The Morgan fingerprint density at radius 1 is 1.29 bits per heavy atom. The van der Waals surface area contributed by atoms with Gasteiger partial charge in [-0.2, -0.15) is 4.98 Å². The fourth-order valence-corrected chi connectivity index (χ4v) is 2.32. The zero-order valence-corrected chi connectivity index (χ0v) is 9.63. The predicted molar refractivity (Wildman–Crippen MR) is 61.5 cm³/mol. The molecule has 1 aliphatic carbocycles. The Balaban J connectivity index is 1.84. The first-order chi connectivity index (χ1) is 8.24. The summed E-state index contributed by atoms with van der Waals surface area (Å²) in [6.07, 6.45) is 1.21. The van der Waals surface area contributed by atoms with Crippen LogP contribution in [0.2, 0.25) is 0 Å². The molecule has 2 aromatic rings. The Bertz CT molecular complexity index is 509. The molecule has 1 aromatic heterocycles. The number of rotatable bonds is 2. The van der Waals surface area contributed by atoms with E-state index in [1.54, 1.807) is 6.92 Å². The van der Waals surface area contributed by atoms with E-state index >= 15 is 0 Å². The molecule has 0 saturated carbocycles. The second-order valence-electron chi connectivity index (χ2n) is 4.54. The summed E-state index contributed by atoms with van der Waals surface area (Å²) in [6, 6.07) is 8.40. The van der Waals surface area contributed by atoms with Gasteiger partial charge in [0.15, 0.2) is 5.82 Å². The monoisotopic (exact) mass is 230 g/mol. The Hall–Kier alpha value is -1.68. The third-order valence-electron chi connectivity index (χ3n) is 3.23. The molecule has 1 aromatic carbocycles. The molecule has 0 amide bonds. The third kappa shape index (κ3) is 1.85. The fourth-order valence-electron chi connectivity index (χ4n) is 2.32. The van der Waals surface area contributed by atoms with Crippen molar-refractivity contribution in [3.8, 4) is 0 Å². The minimum atomic E-state index is -0.694. The molecule has 0 aliphatic heterocycles. The van der Waals surface area contributed by atoms with Gasteiger partial charge >= 0.3 is 0 Å². The highest BCUT2D eigenvalue weighted by Crippen LogP contribution is 2.32. The summed E-state index contributed by atoms with van der Waals surface area (Å²) in [5, 5.41) is 13.3. The molecule has 17 heavy (non-hydrogen) atoms. The van der Waals surface area contributed by atoms with Crippen LogP contribution in [0.4, 0.5) is 0 Å². The average Bonchev–Trinajstić information content (AvgIpc) is 2.95. The quantitative estimate of drug-likeness (QED) is 0.857. The van der Waals surface area contributed by atoms with Crippen molar-refractivity contribution < 1.29 is 9.63 Å². The molecule has 1 N–H and O–H groups in total. The molecule has 4 nitrogen and oxygen atoms in total.